The minimum Gasteiger partial charge on any atom is -0.312 e. The van der Waals surface area contributed by atoms with Crippen LogP contribution in [0.15, 0.2) is 0 Å². The highest BCUT2D eigenvalue weighted by Crippen LogP contribution is 2.38. The Morgan fingerprint density at radius 1 is 1.42 bits per heavy atom. The summed E-state index contributed by atoms with van der Waals surface area (Å²) in [7, 11) is 0. The molecule has 70 valence electrons. The van der Waals surface area contributed by atoms with Crippen molar-refractivity contribution in [3.05, 3.63) is 0 Å². The van der Waals surface area contributed by atoms with Gasteiger partial charge in [-0.1, -0.05) is 0 Å². The van der Waals surface area contributed by atoms with Crippen molar-refractivity contribution in [2.24, 2.45) is 5.92 Å². The molecule has 2 saturated heterocycles. The molecule has 0 spiro atoms. The lowest BCUT2D eigenvalue weighted by Gasteiger charge is -2.33. The van der Waals surface area contributed by atoms with Gasteiger partial charge in [0.25, 0.3) is 5.92 Å². The maximum atomic E-state index is 13.3. The predicted octanol–water partition coefficient (Wildman–Crippen LogP) is 1.27. The molecule has 0 aliphatic carbocycles. The lowest BCUT2D eigenvalue weighted by molar-refractivity contribution is -0.0821. The quantitative estimate of drug-likeness (QED) is 0.533. The SMILES string of the molecule is FC1(F)CCNC2CN(I)CC21. The van der Waals surface area contributed by atoms with Crippen molar-refractivity contribution in [2.45, 2.75) is 18.4 Å². The summed E-state index contributed by atoms with van der Waals surface area (Å²) in [4.78, 5) is 0. The molecule has 2 atom stereocenters. The number of hydrogen-bond donors (Lipinski definition) is 1. The zero-order chi connectivity index (χ0) is 8.77. The first-order valence-electron chi connectivity index (χ1n) is 4.11. The third kappa shape index (κ3) is 1.46. The van der Waals surface area contributed by atoms with Gasteiger partial charge in [-0.05, 0) is 0 Å². The molecule has 0 aromatic carbocycles. The van der Waals surface area contributed by atoms with Crippen LogP contribution >= 0.6 is 22.9 Å². The molecule has 0 bridgehead atoms. The fourth-order valence-corrected chi connectivity index (χ4v) is 2.85. The number of nitrogens with zero attached hydrogens (tertiary/aromatic N) is 1. The average molecular weight is 288 g/mol. The van der Waals surface area contributed by atoms with Crippen molar-refractivity contribution >= 4 is 22.9 Å². The Morgan fingerprint density at radius 2 is 2.17 bits per heavy atom. The van der Waals surface area contributed by atoms with Crippen molar-refractivity contribution in [2.75, 3.05) is 19.6 Å². The molecule has 2 unspecified atom stereocenters. The molecular weight excluding hydrogens is 277 g/mol. The van der Waals surface area contributed by atoms with Gasteiger partial charge in [-0.2, -0.15) is 0 Å². The van der Waals surface area contributed by atoms with Crippen molar-refractivity contribution in [1.82, 2.24) is 8.43 Å². The minimum absolute atomic E-state index is 0.00134. The molecule has 2 fully saturated rings. The summed E-state index contributed by atoms with van der Waals surface area (Å²) < 4.78 is 28.5. The van der Waals surface area contributed by atoms with Crippen molar-refractivity contribution in [3.8, 4) is 0 Å². The Bertz CT molecular complexity index is 188. The monoisotopic (exact) mass is 288 g/mol. The van der Waals surface area contributed by atoms with E-state index in [4.69, 9.17) is 0 Å². The first-order valence-corrected chi connectivity index (χ1v) is 5.08. The van der Waals surface area contributed by atoms with E-state index in [-0.39, 0.29) is 12.5 Å². The number of hydrogen-bond acceptors (Lipinski definition) is 2. The number of nitrogens with one attached hydrogen (secondary N) is 1. The van der Waals surface area contributed by atoms with Gasteiger partial charge in [0.2, 0.25) is 0 Å². The first-order chi connectivity index (χ1) is 5.59. The second-order valence-electron chi connectivity index (χ2n) is 3.51. The van der Waals surface area contributed by atoms with Gasteiger partial charge in [0.15, 0.2) is 0 Å². The number of alkyl halides is 2. The Morgan fingerprint density at radius 3 is 2.83 bits per heavy atom. The van der Waals surface area contributed by atoms with Gasteiger partial charge >= 0.3 is 0 Å². The van der Waals surface area contributed by atoms with E-state index in [0.29, 0.717) is 13.1 Å². The summed E-state index contributed by atoms with van der Waals surface area (Å²) in [6.07, 6.45) is -0.00134. The molecule has 12 heavy (non-hydrogen) atoms. The first kappa shape index (κ1) is 9.08. The smallest absolute Gasteiger partial charge is 0.254 e. The average Bonchev–Trinajstić information content (AvgIpc) is 2.30. The Kier molecular flexibility index (Phi) is 2.29. The Hall–Kier alpha value is 0.510. The van der Waals surface area contributed by atoms with Gasteiger partial charge in [0.05, 0.1) is 5.92 Å². The number of rotatable bonds is 0. The molecule has 2 aliphatic rings. The van der Waals surface area contributed by atoms with Crippen LogP contribution in [0.25, 0.3) is 0 Å². The highest BCUT2D eigenvalue weighted by atomic mass is 127. The van der Waals surface area contributed by atoms with E-state index >= 15 is 0 Å². The van der Waals surface area contributed by atoms with Crippen LogP contribution in [-0.4, -0.2) is 34.7 Å². The highest BCUT2D eigenvalue weighted by molar-refractivity contribution is 14.1. The van der Waals surface area contributed by atoms with Crippen LogP contribution < -0.4 is 5.32 Å². The Labute approximate surface area is 84.2 Å². The van der Waals surface area contributed by atoms with Gasteiger partial charge < -0.3 is 5.32 Å². The molecule has 0 aromatic rings. The normalized spacial score (nSPS) is 41.2. The summed E-state index contributed by atoms with van der Waals surface area (Å²) in [5.74, 6) is -2.92. The topological polar surface area (TPSA) is 15.3 Å². The van der Waals surface area contributed by atoms with Crippen LogP contribution in [0.5, 0.6) is 0 Å². The van der Waals surface area contributed by atoms with Crippen LogP contribution in [0.4, 0.5) is 8.78 Å². The highest BCUT2D eigenvalue weighted by Gasteiger charge is 2.50. The van der Waals surface area contributed by atoms with Crippen LogP contribution in [0.3, 0.4) is 0 Å². The minimum atomic E-state index is -2.45. The molecule has 2 heterocycles. The van der Waals surface area contributed by atoms with E-state index < -0.39 is 11.8 Å². The lowest BCUT2D eigenvalue weighted by atomic mass is 9.90. The summed E-state index contributed by atoms with van der Waals surface area (Å²) in [6.45, 7) is 1.73. The summed E-state index contributed by atoms with van der Waals surface area (Å²) in [5.41, 5.74) is 0. The third-order valence-corrected chi connectivity index (χ3v) is 3.47. The number of fused-ring (bicyclic) bond motifs is 1. The van der Waals surface area contributed by atoms with E-state index in [1.165, 1.54) is 0 Å². The standard InChI is InChI=1S/C7H11F2IN2/c8-7(9)1-2-11-6-4-12(10)3-5(6)7/h5-6,11H,1-4H2. The largest absolute Gasteiger partial charge is 0.312 e. The van der Waals surface area contributed by atoms with Gasteiger partial charge in [0, 0.05) is 55.0 Å². The van der Waals surface area contributed by atoms with E-state index in [0.717, 1.165) is 6.54 Å². The van der Waals surface area contributed by atoms with Crippen molar-refractivity contribution in [3.63, 3.8) is 0 Å². The van der Waals surface area contributed by atoms with E-state index in [2.05, 4.69) is 28.2 Å². The van der Waals surface area contributed by atoms with E-state index in [1.54, 1.807) is 0 Å². The van der Waals surface area contributed by atoms with Crippen LogP contribution in [0.1, 0.15) is 6.42 Å². The summed E-state index contributed by atoms with van der Waals surface area (Å²) >= 11 is 2.11. The second kappa shape index (κ2) is 3.02. The molecule has 1 N–H and O–H groups in total. The predicted molar refractivity (Wildman–Crippen MR) is 50.4 cm³/mol. The molecule has 0 aromatic heterocycles. The maximum absolute atomic E-state index is 13.3. The van der Waals surface area contributed by atoms with Crippen LogP contribution in [0, 0.1) is 5.92 Å². The lowest BCUT2D eigenvalue weighted by Crippen LogP contribution is -2.51. The zero-order valence-corrected chi connectivity index (χ0v) is 8.72. The molecular formula is C7H11F2IN2. The van der Waals surface area contributed by atoms with Crippen molar-refractivity contribution < 1.29 is 8.78 Å². The summed E-state index contributed by atoms with van der Waals surface area (Å²) in [5, 5.41) is 3.14. The molecule has 0 radical (unpaired) electrons. The third-order valence-electron chi connectivity index (χ3n) is 2.68. The van der Waals surface area contributed by atoms with Gasteiger partial charge in [-0.3, -0.25) is 0 Å². The molecule has 2 aliphatic heterocycles. The molecule has 2 nitrogen and oxygen atoms in total. The zero-order valence-electron chi connectivity index (χ0n) is 6.56. The Balaban J connectivity index is 2.13. The van der Waals surface area contributed by atoms with Crippen molar-refractivity contribution in [1.29, 1.82) is 0 Å². The number of piperidine rings is 1. The van der Waals surface area contributed by atoms with Gasteiger partial charge in [0.1, 0.15) is 0 Å². The van der Waals surface area contributed by atoms with Gasteiger partial charge in [-0.15, -0.1) is 0 Å². The fourth-order valence-electron chi connectivity index (χ4n) is 2.00. The molecule has 2 rings (SSSR count). The second-order valence-corrected chi connectivity index (χ2v) is 4.87. The maximum Gasteiger partial charge on any atom is 0.254 e. The fraction of sp³-hybridized carbons (Fsp3) is 1.00. The van der Waals surface area contributed by atoms with Crippen LogP contribution in [0.2, 0.25) is 0 Å². The van der Waals surface area contributed by atoms with E-state index in [9.17, 15) is 8.78 Å². The molecule has 0 amide bonds. The van der Waals surface area contributed by atoms with E-state index in [1.807, 2.05) is 3.11 Å². The number of halogens is 3. The van der Waals surface area contributed by atoms with Gasteiger partial charge in [-0.25, -0.2) is 11.9 Å². The summed E-state index contributed by atoms with van der Waals surface area (Å²) in [6, 6.07) is 0.00523. The molecule has 0 saturated carbocycles. The van der Waals surface area contributed by atoms with Crippen LogP contribution in [-0.2, 0) is 0 Å². The molecule has 5 heteroatoms.